The van der Waals surface area contributed by atoms with E-state index in [-0.39, 0.29) is 12.1 Å². The first-order chi connectivity index (χ1) is 15.1. The monoisotopic (exact) mass is 421 g/mol. The summed E-state index contributed by atoms with van der Waals surface area (Å²) in [5, 5.41) is 18.1. The summed E-state index contributed by atoms with van der Waals surface area (Å²) in [7, 11) is 1.68. The second kappa shape index (κ2) is 8.28. The van der Waals surface area contributed by atoms with Gasteiger partial charge in [-0.15, -0.1) is 5.10 Å². The molecule has 3 aromatic heterocycles. The van der Waals surface area contributed by atoms with E-state index in [9.17, 15) is 5.11 Å². The maximum atomic E-state index is 9.97. The van der Waals surface area contributed by atoms with Gasteiger partial charge in [-0.1, -0.05) is 6.07 Å². The number of hydrogen-bond donors (Lipinski definition) is 2. The van der Waals surface area contributed by atoms with E-state index in [4.69, 9.17) is 14.3 Å². The van der Waals surface area contributed by atoms with Crippen LogP contribution >= 0.6 is 0 Å². The second-order valence-electron chi connectivity index (χ2n) is 8.40. The van der Waals surface area contributed by atoms with Crippen molar-refractivity contribution in [1.29, 1.82) is 0 Å². The summed E-state index contributed by atoms with van der Waals surface area (Å²) < 4.78 is 12.7. The smallest absolute Gasteiger partial charge is 0.241 e. The number of fused-ring (bicyclic) bond motifs is 2. The lowest BCUT2D eigenvalue weighted by atomic mass is 9.85. The summed E-state index contributed by atoms with van der Waals surface area (Å²) in [6, 6.07) is 8.35. The van der Waals surface area contributed by atoms with Crippen LogP contribution in [0.1, 0.15) is 44.2 Å². The topological polar surface area (TPSA) is 97.7 Å². The fourth-order valence-electron chi connectivity index (χ4n) is 4.51. The second-order valence-corrected chi connectivity index (χ2v) is 8.40. The van der Waals surface area contributed by atoms with Crippen LogP contribution < -0.4 is 5.32 Å². The molecule has 5 rings (SSSR count). The standard InChI is InChI=1S/C23H27N5O3/c1-14(12-30-2)26-23-24-11-21-18(16-5-8-19-22(9-16)31-13-25-19)10-20(28(21)27-23)15-3-6-17(29)7-4-15/h5,8-11,13-15,17,29H,3-4,6-7,12H2,1-2H3,(H,26,27)/t14-,15-,17-/m0/s1. The minimum absolute atomic E-state index is 0.0969. The SMILES string of the molecule is COC[C@H](C)Nc1ncc2c(-c3ccc4ncoc4c3)cc([C@H]3CC[C@H](O)CC3)n2n1. The van der Waals surface area contributed by atoms with Crippen LogP contribution in [-0.4, -0.2) is 50.6 Å². The molecule has 3 heterocycles. The lowest BCUT2D eigenvalue weighted by Crippen LogP contribution is -2.23. The molecule has 4 aromatic rings. The fraction of sp³-hybridized carbons (Fsp3) is 0.435. The Balaban J connectivity index is 1.60. The molecule has 2 N–H and O–H groups in total. The predicted molar refractivity (Wildman–Crippen MR) is 118 cm³/mol. The highest BCUT2D eigenvalue weighted by atomic mass is 16.5. The quantitative estimate of drug-likeness (QED) is 0.485. The minimum atomic E-state index is -0.197. The van der Waals surface area contributed by atoms with Crippen molar-refractivity contribution >= 4 is 22.6 Å². The number of rotatable bonds is 6. The molecule has 0 bridgehead atoms. The largest absolute Gasteiger partial charge is 0.443 e. The Kier molecular flexibility index (Phi) is 5.33. The molecular weight excluding hydrogens is 394 g/mol. The Morgan fingerprint density at radius 3 is 2.87 bits per heavy atom. The van der Waals surface area contributed by atoms with E-state index in [1.54, 1.807) is 7.11 Å². The van der Waals surface area contributed by atoms with Crippen molar-refractivity contribution in [3.63, 3.8) is 0 Å². The van der Waals surface area contributed by atoms with Gasteiger partial charge in [-0.3, -0.25) is 0 Å². The molecule has 1 atom stereocenters. The molecule has 1 aromatic carbocycles. The first-order valence-corrected chi connectivity index (χ1v) is 10.8. The maximum absolute atomic E-state index is 9.97. The summed E-state index contributed by atoms with van der Waals surface area (Å²) in [6.07, 6.45) is 6.67. The molecule has 1 aliphatic carbocycles. The third-order valence-corrected chi connectivity index (χ3v) is 6.09. The molecule has 0 amide bonds. The van der Waals surface area contributed by atoms with E-state index in [0.717, 1.165) is 59.1 Å². The number of aliphatic hydroxyl groups excluding tert-OH is 1. The number of anilines is 1. The molecule has 0 aliphatic heterocycles. The molecule has 31 heavy (non-hydrogen) atoms. The fourth-order valence-corrected chi connectivity index (χ4v) is 4.51. The van der Waals surface area contributed by atoms with Crippen LogP contribution in [0, 0.1) is 0 Å². The first kappa shape index (κ1) is 20.0. The van der Waals surface area contributed by atoms with Gasteiger partial charge in [0.15, 0.2) is 12.0 Å². The van der Waals surface area contributed by atoms with E-state index < -0.39 is 0 Å². The number of hydrogen-bond acceptors (Lipinski definition) is 7. The third-order valence-electron chi connectivity index (χ3n) is 6.09. The molecule has 8 heteroatoms. The van der Waals surface area contributed by atoms with Gasteiger partial charge in [0.25, 0.3) is 0 Å². The number of aliphatic hydroxyl groups is 1. The zero-order valence-electron chi connectivity index (χ0n) is 17.8. The van der Waals surface area contributed by atoms with Gasteiger partial charge in [-0.05, 0) is 56.4 Å². The normalized spacial score (nSPS) is 20.4. The van der Waals surface area contributed by atoms with E-state index in [2.05, 4.69) is 27.4 Å². The summed E-state index contributed by atoms with van der Waals surface area (Å²) in [4.78, 5) is 8.78. The number of oxazole rings is 1. The zero-order valence-corrected chi connectivity index (χ0v) is 17.8. The molecule has 162 valence electrons. The van der Waals surface area contributed by atoms with E-state index in [1.165, 1.54) is 6.39 Å². The highest BCUT2D eigenvalue weighted by Crippen LogP contribution is 2.38. The molecule has 8 nitrogen and oxygen atoms in total. The van der Waals surface area contributed by atoms with Gasteiger partial charge in [-0.2, -0.15) is 0 Å². The number of ether oxygens (including phenoxy) is 1. The van der Waals surface area contributed by atoms with Crippen LogP contribution in [0.3, 0.4) is 0 Å². The number of benzene rings is 1. The summed E-state index contributed by atoms with van der Waals surface area (Å²) in [6.45, 7) is 2.61. The van der Waals surface area contributed by atoms with Gasteiger partial charge in [0.05, 0.1) is 24.4 Å². The molecule has 0 saturated heterocycles. The lowest BCUT2D eigenvalue weighted by molar-refractivity contribution is 0.121. The van der Waals surface area contributed by atoms with Crippen LogP contribution in [0.2, 0.25) is 0 Å². The van der Waals surface area contributed by atoms with Gasteiger partial charge < -0.3 is 19.6 Å². The number of aromatic nitrogens is 4. The lowest BCUT2D eigenvalue weighted by Gasteiger charge is -2.25. The molecule has 0 spiro atoms. The zero-order chi connectivity index (χ0) is 21.4. The van der Waals surface area contributed by atoms with Crippen molar-refractivity contribution in [3.8, 4) is 11.1 Å². The Morgan fingerprint density at radius 2 is 2.06 bits per heavy atom. The number of nitrogens with one attached hydrogen (secondary N) is 1. The number of methoxy groups -OCH3 is 1. The van der Waals surface area contributed by atoms with Crippen LogP contribution in [-0.2, 0) is 4.74 Å². The Morgan fingerprint density at radius 1 is 1.23 bits per heavy atom. The highest BCUT2D eigenvalue weighted by molar-refractivity contribution is 5.87. The van der Waals surface area contributed by atoms with Crippen LogP contribution in [0.5, 0.6) is 0 Å². The summed E-state index contributed by atoms with van der Waals surface area (Å²) in [5.41, 5.74) is 5.80. The number of nitrogens with zero attached hydrogens (tertiary/aromatic N) is 4. The van der Waals surface area contributed by atoms with Crippen LogP contribution in [0.15, 0.2) is 41.3 Å². The van der Waals surface area contributed by atoms with Crippen molar-refractivity contribution in [2.75, 3.05) is 19.0 Å². The molecule has 1 saturated carbocycles. The van der Waals surface area contributed by atoms with Crippen molar-refractivity contribution in [2.45, 2.75) is 50.7 Å². The average molecular weight is 422 g/mol. The first-order valence-electron chi connectivity index (χ1n) is 10.8. The van der Waals surface area contributed by atoms with Gasteiger partial charge >= 0.3 is 0 Å². The van der Waals surface area contributed by atoms with E-state index in [0.29, 0.717) is 18.5 Å². The Bertz CT molecular complexity index is 1190. The van der Waals surface area contributed by atoms with Crippen molar-refractivity contribution < 1.29 is 14.3 Å². The van der Waals surface area contributed by atoms with Crippen molar-refractivity contribution in [2.24, 2.45) is 0 Å². The third kappa shape index (κ3) is 3.88. The molecule has 0 radical (unpaired) electrons. The summed E-state index contributed by atoms with van der Waals surface area (Å²) in [5.74, 6) is 0.916. The molecular formula is C23H27N5O3. The van der Waals surface area contributed by atoms with Gasteiger partial charge in [0.2, 0.25) is 5.95 Å². The molecule has 1 fully saturated rings. The van der Waals surface area contributed by atoms with Crippen LogP contribution in [0.25, 0.3) is 27.7 Å². The van der Waals surface area contributed by atoms with Crippen LogP contribution in [0.4, 0.5) is 5.95 Å². The van der Waals surface area contributed by atoms with E-state index >= 15 is 0 Å². The Hall–Kier alpha value is -2.97. The minimum Gasteiger partial charge on any atom is -0.443 e. The molecule has 0 unspecified atom stereocenters. The van der Waals surface area contributed by atoms with Gasteiger partial charge in [-0.25, -0.2) is 14.5 Å². The predicted octanol–water partition coefficient (Wildman–Crippen LogP) is 4.00. The van der Waals surface area contributed by atoms with E-state index in [1.807, 2.05) is 29.8 Å². The van der Waals surface area contributed by atoms with Gasteiger partial charge in [0, 0.05) is 30.3 Å². The van der Waals surface area contributed by atoms with Crippen molar-refractivity contribution in [3.05, 3.63) is 42.5 Å². The van der Waals surface area contributed by atoms with Gasteiger partial charge in [0.1, 0.15) is 5.52 Å². The summed E-state index contributed by atoms with van der Waals surface area (Å²) >= 11 is 0. The maximum Gasteiger partial charge on any atom is 0.241 e. The Labute approximate surface area is 180 Å². The van der Waals surface area contributed by atoms with Crippen molar-refractivity contribution in [1.82, 2.24) is 19.6 Å². The highest BCUT2D eigenvalue weighted by Gasteiger charge is 2.25. The average Bonchev–Trinajstić information content (AvgIpc) is 3.38. The molecule has 1 aliphatic rings.